The summed E-state index contributed by atoms with van der Waals surface area (Å²) in [5.74, 6) is -0.370. The van der Waals surface area contributed by atoms with Crippen molar-refractivity contribution in [3.8, 4) is 22.7 Å². The lowest BCUT2D eigenvalue weighted by Crippen LogP contribution is -2.03. The number of halogens is 4. The first-order chi connectivity index (χ1) is 14.8. The third-order valence-electron chi connectivity index (χ3n) is 4.70. The van der Waals surface area contributed by atoms with Crippen molar-refractivity contribution in [2.75, 3.05) is 5.32 Å². The van der Waals surface area contributed by atoms with Crippen LogP contribution in [0.5, 0.6) is 5.75 Å². The molecule has 0 amide bonds. The summed E-state index contributed by atoms with van der Waals surface area (Å²) >= 11 is 7.26. The van der Waals surface area contributed by atoms with E-state index in [1.54, 1.807) is 18.2 Å². The third-order valence-corrected chi connectivity index (χ3v) is 5.75. The van der Waals surface area contributed by atoms with E-state index in [1.165, 1.54) is 35.6 Å². The van der Waals surface area contributed by atoms with Crippen molar-refractivity contribution in [2.24, 2.45) is 0 Å². The Bertz CT molecular complexity index is 1220. The predicted octanol–water partition coefficient (Wildman–Crippen LogP) is 7.36. The largest absolute Gasteiger partial charge is 0.435 e. The Morgan fingerprint density at radius 2 is 1.84 bits per heavy atom. The van der Waals surface area contributed by atoms with Gasteiger partial charge in [0.2, 0.25) is 0 Å². The number of alkyl halides is 2. The van der Waals surface area contributed by atoms with Crippen LogP contribution in [0.3, 0.4) is 0 Å². The van der Waals surface area contributed by atoms with Crippen molar-refractivity contribution in [3.05, 3.63) is 76.1 Å². The molecule has 1 N–H and O–H groups in total. The van der Waals surface area contributed by atoms with Crippen molar-refractivity contribution >= 4 is 33.8 Å². The summed E-state index contributed by atoms with van der Waals surface area (Å²) in [6.45, 7) is 1.08. The van der Waals surface area contributed by atoms with Crippen molar-refractivity contribution < 1.29 is 17.9 Å². The first-order valence-electron chi connectivity index (χ1n) is 9.24. The number of aryl methyl sites for hydroxylation is 1. The number of rotatable bonds is 6. The highest BCUT2D eigenvalue weighted by Gasteiger charge is 2.15. The van der Waals surface area contributed by atoms with Crippen LogP contribution in [0.2, 0.25) is 5.02 Å². The highest BCUT2D eigenvalue weighted by atomic mass is 35.5. The fraction of sp³-hybridized carbons (Fsp3) is 0.136. The second kappa shape index (κ2) is 8.64. The quantitative estimate of drug-likeness (QED) is 0.325. The topological polar surface area (TPSA) is 39.1 Å². The Hall–Kier alpha value is -2.97. The first-order valence-corrected chi connectivity index (χ1v) is 10.5. The van der Waals surface area contributed by atoms with E-state index in [2.05, 4.69) is 15.0 Å². The molecule has 0 saturated carbocycles. The Kier molecular flexibility index (Phi) is 5.93. The van der Waals surface area contributed by atoms with Crippen LogP contribution in [0.15, 0.2) is 53.9 Å². The van der Waals surface area contributed by atoms with Crippen LogP contribution >= 0.6 is 22.9 Å². The van der Waals surface area contributed by atoms with Gasteiger partial charge in [-0.05, 0) is 62.4 Å². The second-order valence-corrected chi connectivity index (χ2v) is 8.05. The van der Waals surface area contributed by atoms with Gasteiger partial charge in [0, 0.05) is 33.7 Å². The average molecular weight is 464 g/mol. The van der Waals surface area contributed by atoms with Gasteiger partial charge in [-0.2, -0.15) is 8.78 Å². The molecule has 0 spiro atoms. The van der Waals surface area contributed by atoms with E-state index in [-0.39, 0.29) is 10.8 Å². The minimum atomic E-state index is -2.86. The SMILES string of the molecule is Cc1cc(-c2csc(Nc3ccc(F)c(Cl)c3)n2)c(C)n1-c1ccc(OC(F)F)cc1. The van der Waals surface area contributed by atoms with Gasteiger partial charge in [-0.15, -0.1) is 11.3 Å². The Morgan fingerprint density at radius 1 is 1.10 bits per heavy atom. The van der Waals surface area contributed by atoms with Crippen LogP contribution in [-0.2, 0) is 0 Å². The molecule has 4 rings (SSSR count). The summed E-state index contributed by atoms with van der Waals surface area (Å²) < 4.78 is 44.5. The molecule has 2 aromatic heterocycles. The number of anilines is 2. The predicted molar refractivity (Wildman–Crippen MR) is 118 cm³/mol. The van der Waals surface area contributed by atoms with E-state index in [1.807, 2.05) is 29.9 Å². The lowest BCUT2D eigenvalue weighted by Gasteiger charge is -2.11. The van der Waals surface area contributed by atoms with Gasteiger partial charge in [-0.3, -0.25) is 0 Å². The smallest absolute Gasteiger partial charge is 0.387 e. The van der Waals surface area contributed by atoms with Gasteiger partial charge in [0.15, 0.2) is 5.13 Å². The number of nitrogens with zero attached hydrogens (tertiary/aromatic N) is 2. The van der Waals surface area contributed by atoms with Gasteiger partial charge < -0.3 is 14.6 Å². The van der Waals surface area contributed by atoms with Crippen LogP contribution in [0.1, 0.15) is 11.4 Å². The molecule has 0 unspecified atom stereocenters. The highest BCUT2D eigenvalue weighted by molar-refractivity contribution is 7.14. The zero-order chi connectivity index (χ0) is 22.1. The van der Waals surface area contributed by atoms with Crippen molar-refractivity contribution in [1.29, 1.82) is 0 Å². The average Bonchev–Trinajstić information content (AvgIpc) is 3.29. The molecule has 0 fully saturated rings. The number of hydrogen-bond acceptors (Lipinski definition) is 4. The molecule has 0 aliphatic heterocycles. The summed E-state index contributed by atoms with van der Waals surface area (Å²) in [6.07, 6.45) is 0. The van der Waals surface area contributed by atoms with Gasteiger partial charge in [-0.25, -0.2) is 9.37 Å². The molecule has 0 radical (unpaired) electrons. The van der Waals surface area contributed by atoms with Gasteiger partial charge in [0.25, 0.3) is 0 Å². The molecule has 0 aliphatic carbocycles. The molecule has 0 atom stereocenters. The molecule has 31 heavy (non-hydrogen) atoms. The zero-order valence-corrected chi connectivity index (χ0v) is 18.1. The Labute approximate surface area is 185 Å². The lowest BCUT2D eigenvalue weighted by atomic mass is 10.2. The lowest BCUT2D eigenvalue weighted by molar-refractivity contribution is -0.0498. The van der Waals surface area contributed by atoms with E-state index in [4.69, 9.17) is 11.6 Å². The normalized spacial score (nSPS) is 11.2. The maximum atomic E-state index is 13.3. The number of thiazole rings is 1. The van der Waals surface area contributed by atoms with E-state index in [0.29, 0.717) is 10.8 Å². The monoisotopic (exact) mass is 463 g/mol. The summed E-state index contributed by atoms with van der Waals surface area (Å²) in [5.41, 5.74) is 5.15. The van der Waals surface area contributed by atoms with Crippen LogP contribution in [0, 0.1) is 19.7 Å². The summed E-state index contributed by atoms with van der Waals surface area (Å²) in [7, 11) is 0. The Morgan fingerprint density at radius 3 is 2.52 bits per heavy atom. The molecule has 0 aliphatic rings. The maximum Gasteiger partial charge on any atom is 0.387 e. The second-order valence-electron chi connectivity index (χ2n) is 6.78. The van der Waals surface area contributed by atoms with Crippen LogP contribution in [0.4, 0.5) is 24.0 Å². The third kappa shape index (κ3) is 4.55. The molecule has 0 bridgehead atoms. The minimum Gasteiger partial charge on any atom is -0.435 e. The van der Waals surface area contributed by atoms with Crippen LogP contribution in [-0.4, -0.2) is 16.2 Å². The number of ether oxygens (including phenoxy) is 1. The van der Waals surface area contributed by atoms with Crippen LogP contribution < -0.4 is 10.1 Å². The van der Waals surface area contributed by atoms with Gasteiger partial charge >= 0.3 is 6.61 Å². The van der Waals surface area contributed by atoms with E-state index >= 15 is 0 Å². The molecular formula is C22H17ClF3N3OS. The van der Waals surface area contributed by atoms with Crippen molar-refractivity contribution in [1.82, 2.24) is 9.55 Å². The molecule has 160 valence electrons. The van der Waals surface area contributed by atoms with Gasteiger partial charge in [0.05, 0.1) is 10.7 Å². The maximum absolute atomic E-state index is 13.3. The zero-order valence-electron chi connectivity index (χ0n) is 16.5. The first kappa shape index (κ1) is 21.3. The fourth-order valence-electron chi connectivity index (χ4n) is 3.35. The highest BCUT2D eigenvalue weighted by Crippen LogP contribution is 2.33. The molecular weight excluding hydrogens is 447 g/mol. The fourth-order valence-corrected chi connectivity index (χ4v) is 4.26. The molecule has 9 heteroatoms. The number of aromatic nitrogens is 2. The molecule has 4 nitrogen and oxygen atoms in total. The standard InChI is InChI=1S/C22H17ClF3N3OS/c1-12-9-17(13(2)29(12)15-4-6-16(7-5-15)30-21(25)26)20-11-31-22(28-20)27-14-3-8-19(24)18(23)10-14/h3-11,21H,1-2H3,(H,27,28). The van der Waals surface area contributed by atoms with E-state index in [9.17, 15) is 13.2 Å². The minimum absolute atomic E-state index is 0.0373. The summed E-state index contributed by atoms with van der Waals surface area (Å²) in [6, 6.07) is 12.9. The van der Waals surface area contributed by atoms with Gasteiger partial charge in [-0.1, -0.05) is 11.6 Å². The molecule has 0 saturated heterocycles. The number of nitrogens with one attached hydrogen (secondary N) is 1. The van der Waals surface area contributed by atoms with Gasteiger partial charge in [0.1, 0.15) is 11.6 Å². The van der Waals surface area contributed by atoms with E-state index in [0.717, 1.165) is 28.3 Å². The van der Waals surface area contributed by atoms with Crippen molar-refractivity contribution in [3.63, 3.8) is 0 Å². The summed E-state index contributed by atoms with van der Waals surface area (Å²) in [4.78, 5) is 4.64. The van der Waals surface area contributed by atoms with Crippen molar-refractivity contribution in [2.45, 2.75) is 20.5 Å². The Balaban J connectivity index is 1.59. The summed E-state index contributed by atoms with van der Waals surface area (Å²) in [5, 5.41) is 5.75. The number of hydrogen-bond donors (Lipinski definition) is 1. The van der Waals surface area contributed by atoms with E-state index < -0.39 is 12.4 Å². The molecule has 2 aromatic carbocycles. The van der Waals surface area contributed by atoms with Crippen LogP contribution in [0.25, 0.3) is 16.9 Å². The number of benzene rings is 2. The molecule has 4 aromatic rings. The molecule has 2 heterocycles.